The predicted octanol–water partition coefficient (Wildman–Crippen LogP) is 11.6. The fourth-order valence-corrected chi connectivity index (χ4v) is 10.7. The highest BCUT2D eigenvalue weighted by Gasteiger charge is 2.37. The Labute approximate surface area is 283 Å². The Kier molecular flexibility index (Phi) is 6.67. The zero-order valence-electron chi connectivity index (χ0n) is 27.2. The molecule has 1 nitrogen and oxygen atoms in total. The van der Waals surface area contributed by atoms with E-state index in [1.54, 1.807) is 0 Å². The molecule has 0 amide bonds. The molecule has 0 bridgehead atoms. The van der Waals surface area contributed by atoms with E-state index >= 15 is 0 Å². The quantitative estimate of drug-likeness (QED) is 0.171. The van der Waals surface area contributed by atoms with Gasteiger partial charge in [-0.05, 0) is 114 Å². The first kappa shape index (κ1) is 28.5. The standard InChI is InChI=1S/C46H35NSi/c1-48(2)45-14-8-7-13-43(45)44-28-27-42(31-46(44)48)47(40-23-19-34(20-24-40)38-17-15-32-9-3-5-11-36(32)29-38)41-25-21-35(22-26-41)39-18-16-33-10-4-6-12-37(33)30-39/h3-31H,1-2H3. The minimum absolute atomic E-state index is 1.15. The normalized spacial score (nSPS) is 13.0. The van der Waals surface area contributed by atoms with Crippen molar-refractivity contribution in [1.29, 1.82) is 0 Å². The molecule has 0 N–H and O–H groups in total. The molecule has 0 aromatic heterocycles. The lowest BCUT2D eigenvalue weighted by atomic mass is 10.00. The number of fused-ring (bicyclic) bond motifs is 5. The van der Waals surface area contributed by atoms with Gasteiger partial charge in [-0.15, -0.1) is 0 Å². The Balaban J connectivity index is 1.14. The van der Waals surface area contributed by atoms with Crippen LogP contribution < -0.4 is 15.3 Å². The zero-order valence-corrected chi connectivity index (χ0v) is 28.2. The van der Waals surface area contributed by atoms with E-state index in [0.29, 0.717) is 0 Å². The van der Waals surface area contributed by atoms with Gasteiger partial charge in [-0.3, -0.25) is 0 Å². The van der Waals surface area contributed by atoms with Crippen LogP contribution in [-0.4, -0.2) is 8.07 Å². The Morgan fingerprint density at radius 1 is 0.333 bits per heavy atom. The summed E-state index contributed by atoms with van der Waals surface area (Å²) in [6.07, 6.45) is 0. The highest BCUT2D eigenvalue weighted by atomic mass is 28.3. The number of hydrogen-bond acceptors (Lipinski definition) is 1. The molecule has 0 atom stereocenters. The van der Waals surface area contributed by atoms with Crippen molar-refractivity contribution in [3.8, 4) is 33.4 Å². The summed E-state index contributed by atoms with van der Waals surface area (Å²) in [7, 11) is -1.84. The van der Waals surface area contributed by atoms with Crippen LogP contribution in [0.4, 0.5) is 17.1 Å². The average Bonchev–Trinajstić information content (AvgIpc) is 3.37. The first-order chi connectivity index (χ1) is 23.5. The van der Waals surface area contributed by atoms with Crippen molar-refractivity contribution >= 4 is 57.1 Å². The van der Waals surface area contributed by atoms with Crippen molar-refractivity contribution in [2.45, 2.75) is 13.1 Å². The largest absolute Gasteiger partial charge is 0.311 e. The van der Waals surface area contributed by atoms with Gasteiger partial charge in [-0.25, -0.2) is 0 Å². The monoisotopic (exact) mass is 629 g/mol. The maximum Gasteiger partial charge on any atom is 0.113 e. The number of hydrogen-bond donors (Lipinski definition) is 0. The molecule has 8 aromatic rings. The minimum Gasteiger partial charge on any atom is -0.311 e. The van der Waals surface area contributed by atoms with E-state index in [0.717, 1.165) is 11.4 Å². The first-order valence-electron chi connectivity index (χ1n) is 16.8. The Bertz CT molecular complexity index is 2350. The molecule has 1 aliphatic heterocycles. The molecule has 0 radical (unpaired) electrons. The van der Waals surface area contributed by atoms with Gasteiger partial charge in [0, 0.05) is 17.1 Å². The molecule has 0 aliphatic carbocycles. The molecule has 0 unspecified atom stereocenters. The van der Waals surface area contributed by atoms with Crippen LogP contribution in [0.15, 0.2) is 176 Å². The van der Waals surface area contributed by atoms with Crippen molar-refractivity contribution in [2.75, 3.05) is 4.90 Å². The molecule has 0 saturated carbocycles. The number of rotatable bonds is 5. The van der Waals surface area contributed by atoms with E-state index in [1.807, 2.05) is 0 Å². The van der Waals surface area contributed by atoms with Crippen LogP contribution in [0.1, 0.15) is 0 Å². The van der Waals surface area contributed by atoms with Gasteiger partial charge in [-0.1, -0.05) is 140 Å². The average molecular weight is 630 g/mol. The maximum absolute atomic E-state index is 2.49. The van der Waals surface area contributed by atoms with Crippen molar-refractivity contribution in [1.82, 2.24) is 0 Å². The fourth-order valence-electron chi connectivity index (χ4n) is 7.62. The Morgan fingerprint density at radius 2 is 0.771 bits per heavy atom. The van der Waals surface area contributed by atoms with Gasteiger partial charge in [-0.2, -0.15) is 0 Å². The molecule has 0 spiro atoms. The van der Waals surface area contributed by atoms with E-state index in [-0.39, 0.29) is 0 Å². The third-order valence-electron chi connectivity index (χ3n) is 10.2. The van der Waals surface area contributed by atoms with Crippen LogP contribution in [0.25, 0.3) is 54.9 Å². The van der Waals surface area contributed by atoms with Crippen LogP contribution in [0, 0.1) is 0 Å². The second-order valence-corrected chi connectivity index (χ2v) is 17.8. The third kappa shape index (κ3) is 4.76. The summed E-state index contributed by atoms with van der Waals surface area (Å²) in [5.74, 6) is 0. The van der Waals surface area contributed by atoms with Gasteiger partial charge >= 0.3 is 0 Å². The number of benzene rings is 8. The topological polar surface area (TPSA) is 3.24 Å². The van der Waals surface area contributed by atoms with Crippen molar-refractivity contribution in [3.05, 3.63) is 176 Å². The van der Waals surface area contributed by atoms with E-state index in [1.165, 1.54) is 71.0 Å². The van der Waals surface area contributed by atoms with E-state index in [2.05, 4.69) is 194 Å². The SMILES string of the molecule is C[Si]1(C)c2ccccc2-c2ccc(N(c3ccc(-c4ccc5ccccc5c4)cc3)c3ccc(-c4ccc5ccccc5c4)cc3)cc21. The summed E-state index contributed by atoms with van der Waals surface area (Å²) in [6.45, 7) is 4.98. The summed E-state index contributed by atoms with van der Waals surface area (Å²) < 4.78 is 0. The van der Waals surface area contributed by atoms with Crippen molar-refractivity contribution in [3.63, 3.8) is 0 Å². The number of nitrogens with zero attached hydrogens (tertiary/aromatic N) is 1. The summed E-state index contributed by atoms with van der Waals surface area (Å²) in [5, 5.41) is 8.09. The van der Waals surface area contributed by atoms with Crippen LogP contribution in [0.3, 0.4) is 0 Å². The smallest absolute Gasteiger partial charge is 0.113 e. The van der Waals surface area contributed by atoms with Crippen molar-refractivity contribution < 1.29 is 0 Å². The van der Waals surface area contributed by atoms with Gasteiger partial charge < -0.3 is 4.90 Å². The van der Waals surface area contributed by atoms with Crippen LogP contribution in [0.5, 0.6) is 0 Å². The fraction of sp³-hybridized carbons (Fsp3) is 0.0435. The number of anilines is 3. The zero-order chi connectivity index (χ0) is 32.2. The van der Waals surface area contributed by atoms with Crippen molar-refractivity contribution in [2.24, 2.45) is 0 Å². The molecule has 1 heterocycles. The van der Waals surface area contributed by atoms with E-state index < -0.39 is 8.07 Å². The van der Waals surface area contributed by atoms with E-state index in [4.69, 9.17) is 0 Å². The molecule has 0 saturated heterocycles. The summed E-state index contributed by atoms with van der Waals surface area (Å²) in [6, 6.07) is 64.9. The van der Waals surface area contributed by atoms with Gasteiger partial charge in [0.2, 0.25) is 0 Å². The van der Waals surface area contributed by atoms with Crippen LogP contribution >= 0.6 is 0 Å². The summed E-state index contributed by atoms with van der Waals surface area (Å²) in [4.78, 5) is 2.42. The van der Waals surface area contributed by atoms with Gasteiger partial charge in [0.05, 0.1) is 0 Å². The molecule has 0 fully saturated rings. The molecule has 228 valence electrons. The molecular weight excluding hydrogens is 595 g/mol. The molecule has 8 aromatic carbocycles. The second-order valence-electron chi connectivity index (χ2n) is 13.5. The lowest BCUT2D eigenvalue weighted by molar-refractivity contribution is 1.29. The lowest BCUT2D eigenvalue weighted by Gasteiger charge is -2.28. The predicted molar refractivity (Wildman–Crippen MR) is 209 cm³/mol. The van der Waals surface area contributed by atoms with Crippen LogP contribution in [0.2, 0.25) is 13.1 Å². The second kappa shape index (κ2) is 11.2. The summed E-state index contributed by atoms with van der Waals surface area (Å²) >= 11 is 0. The lowest BCUT2D eigenvalue weighted by Crippen LogP contribution is -2.49. The highest BCUT2D eigenvalue weighted by Crippen LogP contribution is 2.39. The molecule has 1 aliphatic rings. The van der Waals surface area contributed by atoms with E-state index in [9.17, 15) is 0 Å². The Morgan fingerprint density at radius 3 is 1.33 bits per heavy atom. The molecule has 48 heavy (non-hydrogen) atoms. The van der Waals surface area contributed by atoms with Gasteiger partial charge in [0.1, 0.15) is 8.07 Å². The molecule has 2 heteroatoms. The maximum atomic E-state index is 2.49. The molecule has 9 rings (SSSR count). The van der Waals surface area contributed by atoms with Gasteiger partial charge in [0.25, 0.3) is 0 Å². The van der Waals surface area contributed by atoms with Gasteiger partial charge in [0.15, 0.2) is 0 Å². The third-order valence-corrected chi connectivity index (χ3v) is 13.8. The molecular formula is C46H35NSi. The Hall–Kier alpha value is -5.70. The highest BCUT2D eigenvalue weighted by molar-refractivity contribution is 7.03. The first-order valence-corrected chi connectivity index (χ1v) is 19.8. The summed E-state index contributed by atoms with van der Waals surface area (Å²) in [5.41, 5.74) is 11.2. The minimum atomic E-state index is -1.84. The van der Waals surface area contributed by atoms with Crippen LogP contribution in [-0.2, 0) is 0 Å².